The van der Waals surface area contributed by atoms with Crippen molar-refractivity contribution in [2.75, 3.05) is 0 Å². The van der Waals surface area contributed by atoms with Crippen molar-refractivity contribution in [2.45, 2.75) is 0 Å². The molecule has 0 bridgehead atoms. The van der Waals surface area contributed by atoms with Crippen LogP contribution in [0.5, 0.6) is 0 Å². The maximum absolute atomic E-state index is 9.41. The van der Waals surface area contributed by atoms with E-state index in [1.54, 1.807) is 0 Å². The Bertz CT molecular complexity index is 111. The average molecular weight is 192 g/mol. The fourth-order valence-electron chi connectivity index (χ4n) is 0.0680. The normalized spacial score (nSPS) is 16.6. The molecule has 0 aromatic rings. The Kier molecular flexibility index (Phi) is 5.85. The molecule has 0 saturated heterocycles. The average Bonchev–Trinajstić information content (AvgIpc) is 1.79. The van der Waals surface area contributed by atoms with Crippen molar-refractivity contribution >= 4 is 22.7 Å². The minimum Gasteiger partial charge on any atom is -0.747 e. The third-order valence-electron chi connectivity index (χ3n) is 0.194. The summed E-state index contributed by atoms with van der Waals surface area (Å²) in [6, 6.07) is 0. The SMILES string of the molecule is O=S([O-])OOOOS(=O)[O-]. The van der Waals surface area contributed by atoms with Crippen LogP contribution >= 0.6 is 0 Å². The molecule has 2 unspecified atom stereocenters. The van der Waals surface area contributed by atoms with Gasteiger partial charge in [0.1, 0.15) is 22.7 Å². The molecule has 0 aliphatic carbocycles. The van der Waals surface area contributed by atoms with E-state index in [-0.39, 0.29) is 0 Å². The largest absolute Gasteiger partial charge is 0.747 e. The fourth-order valence-corrected chi connectivity index (χ4v) is 0.204. The summed E-state index contributed by atoms with van der Waals surface area (Å²) in [7, 11) is 0. The molecule has 10 heteroatoms. The molecule has 62 valence electrons. The maximum Gasteiger partial charge on any atom is 0.124 e. The first-order valence-corrected chi connectivity index (χ1v) is 3.50. The summed E-state index contributed by atoms with van der Waals surface area (Å²) in [6.07, 6.45) is 0. The third-order valence-corrected chi connectivity index (χ3v) is 0.528. The topological polar surface area (TPSA) is 117 Å². The van der Waals surface area contributed by atoms with E-state index in [2.05, 4.69) is 18.7 Å². The summed E-state index contributed by atoms with van der Waals surface area (Å²) in [5.74, 6) is 0. The van der Waals surface area contributed by atoms with Crippen LogP contribution in [0.4, 0.5) is 0 Å². The van der Waals surface area contributed by atoms with Crippen LogP contribution in [-0.4, -0.2) is 17.5 Å². The van der Waals surface area contributed by atoms with Crippen LogP contribution < -0.4 is 0 Å². The predicted octanol–water partition coefficient (Wildman–Crippen LogP) is -1.61. The van der Waals surface area contributed by atoms with E-state index in [0.717, 1.165) is 0 Å². The Morgan fingerprint density at radius 2 is 1.20 bits per heavy atom. The molecule has 0 aliphatic heterocycles. The molecule has 0 aromatic carbocycles. The molecule has 0 radical (unpaired) electrons. The minimum absolute atomic E-state index is 2.96. The highest BCUT2D eigenvalue weighted by molar-refractivity contribution is 7.74. The van der Waals surface area contributed by atoms with Crippen LogP contribution in [0.3, 0.4) is 0 Å². The summed E-state index contributed by atoms with van der Waals surface area (Å²) >= 11 is -5.92. The highest BCUT2D eigenvalue weighted by atomic mass is 32.2. The van der Waals surface area contributed by atoms with Gasteiger partial charge in [-0.3, -0.25) is 0 Å². The Labute approximate surface area is 59.8 Å². The van der Waals surface area contributed by atoms with Gasteiger partial charge in [0.05, 0.1) is 0 Å². The van der Waals surface area contributed by atoms with E-state index in [4.69, 9.17) is 0 Å². The van der Waals surface area contributed by atoms with Gasteiger partial charge >= 0.3 is 0 Å². The van der Waals surface area contributed by atoms with Gasteiger partial charge < -0.3 is 9.11 Å². The zero-order valence-electron chi connectivity index (χ0n) is 4.08. The van der Waals surface area contributed by atoms with Gasteiger partial charge in [-0.2, -0.15) is 0 Å². The van der Waals surface area contributed by atoms with Gasteiger partial charge in [-0.15, -0.1) is 8.67 Å². The van der Waals surface area contributed by atoms with E-state index < -0.39 is 22.7 Å². The van der Waals surface area contributed by atoms with Gasteiger partial charge in [-0.25, -0.2) is 8.42 Å². The van der Waals surface area contributed by atoms with Crippen molar-refractivity contribution < 1.29 is 36.3 Å². The van der Waals surface area contributed by atoms with Gasteiger partial charge in [0.25, 0.3) is 0 Å². The molecule has 8 nitrogen and oxygen atoms in total. The molecule has 0 amide bonds. The highest BCUT2D eigenvalue weighted by Crippen LogP contribution is 1.86. The fraction of sp³-hybridized carbons (Fsp3) is 0. The number of hydrogen-bond acceptors (Lipinski definition) is 8. The first-order chi connectivity index (χ1) is 4.63. The second kappa shape index (κ2) is 5.82. The summed E-state index contributed by atoms with van der Waals surface area (Å²) in [6.45, 7) is 0. The molecule has 0 fully saturated rings. The van der Waals surface area contributed by atoms with Crippen molar-refractivity contribution in [3.63, 3.8) is 0 Å². The quantitative estimate of drug-likeness (QED) is 0.221. The van der Waals surface area contributed by atoms with Crippen LogP contribution in [0.25, 0.3) is 0 Å². The number of rotatable bonds is 5. The van der Waals surface area contributed by atoms with Gasteiger partial charge in [0, 0.05) is 0 Å². The molecule has 0 rings (SSSR count). The van der Waals surface area contributed by atoms with E-state index in [9.17, 15) is 17.5 Å². The first kappa shape index (κ1) is 10.1. The first-order valence-electron chi connectivity index (χ1n) is 1.50. The minimum atomic E-state index is -2.96. The lowest BCUT2D eigenvalue weighted by Crippen LogP contribution is -2.01. The van der Waals surface area contributed by atoms with Gasteiger partial charge in [-0.05, 0) is 10.1 Å². The molecular formula is O8S2-2. The Balaban J connectivity index is 3.06. The van der Waals surface area contributed by atoms with Crippen LogP contribution in [0.1, 0.15) is 0 Å². The van der Waals surface area contributed by atoms with Crippen molar-refractivity contribution in [3.8, 4) is 0 Å². The molecule has 2 atom stereocenters. The molecule has 0 aliphatic rings. The smallest absolute Gasteiger partial charge is 0.124 e. The Morgan fingerprint density at radius 1 is 0.900 bits per heavy atom. The molecule has 0 spiro atoms. The van der Waals surface area contributed by atoms with Gasteiger partial charge in [0.15, 0.2) is 0 Å². The van der Waals surface area contributed by atoms with Crippen LogP contribution in [0.15, 0.2) is 0 Å². The second-order valence-electron chi connectivity index (χ2n) is 0.680. The Hall–Kier alpha value is 0.0600. The Morgan fingerprint density at radius 3 is 1.40 bits per heavy atom. The summed E-state index contributed by atoms with van der Waals surface area (Å²) < 4.78 is 44.0. The summed E-state index contributed by atoms with van der Waals surface area (Å²) in [5.41, 5.74) is 0. The number of hydrogen-bond donors (Lipinski definition) is 0. The highest BCUT2D eigenvalue weighted by Gasteiger charge is 1.88. The second-order valence-corrected chi connectivity index (χ2v) is 1.77. The lowest BCUT2D eigenvalue weighted by Gasteiger charge is -2.03. The van der Waals surface area contributed by atoms with E-state index in [1.165, 1.54) is 0 Å². The zero-order chi connectivity index (χ0) is 7.98. The van der Waals surface area contributed by atoms with E-state index >= 15 is 0 Å². The van der Waals surface area contributed by atoms with Crippen LogP contribution in [-0.2, 0) is 41.5 Å². The van der Waals surface area contributed by atoms with Gasteiger partial charge in [-0.1, -0.05) is 0 Å². The maximum atomic E-state index is 9.41. The monoisotopic (exact) mass is 192 g/mol. The van der Waals surface area contributed by atoms with Crippen LogP contribution in [0.2, 0.25) is 0 Å². The molecule has 0 N–H and O–H groups in total. The van der Waals surface area contributed by atoms with Crippen molar-refractivity contribution in [2.24, 2.45) is 0 Å². The molecule has 0 heterocycles. The predicted molar refractivity (Wildman–Crippen MR) is 22.2 cm³/mol. The molecular weight excluding hydrogens is 192 g/mol. The van der Waals surface area contributed by atoms with E-state index in [0.29, 0.717) is 0 Å². The molecule has 10 heavy (non-hydrogen) atoms. The molecule has 0 aromatic heterocycles. The van der Waals surface area contributed by atoms with Crippen molar-refractivity contribution in [1.29, 1.82) is 0 Å². The molecule has 0 saturated carbocycles. The lowest BCUT2D eigenvalue weighted by atomic mass is 14.4. The van der Waals surface area contributed by atoms with Gasteiger partial charge in [0.2, 0.25) is 0 Å². The van der Waals surface area contributed by atoms with Crippen molar-refractivity contribution in [1.82, 2.24) is 0 Å². The lowest BCUT2D eigenvalue weighted by molar-refractivity contribution is -0.575. The standard InChI is InChI=1S/H2O8S2/c1-9(2)7-5-6-8-10(3)4/h(H,1,2)(H,3,4)/p-2. The summed E-state index contributed by atoms with van der Waals surface area (Å²) in [4.78, 5) is 0. The zero-order valence-corrected chi connectivity index (χ0v) is 5.72. The van der Waals surface area contributed by atoms with Crippen molar-refractivity contribution in [3.05, 3.63) is 0 Å². The van der Waals surface area contributed by atoms with E-state index in [1.807, 2.05) is 0 Å². The third kappa shape index (κ3) is 8.06. The van der Waals surface area contributed by atoms with Crippen LogP contribution in [0, 0.1) is 0 Å². The summed E-state index contributed by atoms with van der Waals surface area (Å²) in [5, 5.41) is 6.36.